The van der Waals surface area contributed by atoms with Crippen molar-refractivity contribution in [2.75, 3.05) is 0 Å². The molecular weight excluding hydrogens is 283 g/mol. The molecule has 2 rings (SSSR count). The Hall–Kier alpha value is -2.81. The summed E-state index contributed by atoms with van der Waals surface area (Å²) in [6.07, 6.45) is -4.63. The minimum Gasteiger partial charge on any atom is -0.258 e. The van der Waals surface area contributed by atoms with Crippen LogP contribution in [0.2, 0.25) is 0 Å². The molecule has 0 atom stereocenters. The third-order valence-electron chi connectivity index (χ3n) is 2.64. The Morgan fingerprint density at radius 3 is 2.24 bits per heavy atom. The molecule has 0 fully saturated rings. The molecule has 0 radical (unpaired) electrons. The Balaban J connectivity index is 2.46. The van der Waals surface area contributed by atoms with Gasteiger partial charge in [-0.2, -0.15) is 13.2 Å². The summed E-state index contributed by atoms with van der Waals surface area (Å²) in [5.74, 6) is 5.21. The molecule has 2 aromatic rings. The molecule has 21 heavy (non-hydrogen) atoms. The fourth-order valence-corrected chi connectivity index (χ4v) is 1.63. The average Bonchev–Trinajstić information content (AvgIpc) is 2.45. The van der Waals surface area contributed by atoms with Crippen LogP contribution in [0.4, 0.5) is 18.9 Å². The Morgan fingerprint density at radius 1 is 1.00 bits per heavy atom. The van der Waals surface area contributed by atoms with E-state index in [1.165, 1.54) is 0 Å². The van der Waals surface area contributed by atoms with Crippen molar-refractivity contribution in [2.45, 2.75) is 6.18 Å². The minimum absolute atomic E-state index is 0.0585. The van der Waals surface area contributed by atoms with Gasteiger partial charge in [0, 0.05) is 11.6 Å². The van der Waals surface area contributed by atoms with E-state index in [0.29, 0.717) is 11.6 Å². The number of nitrogens with zero attached hydrogens (tertiary/aromatic N) is 1. The topological polar surface area (TPSA) is 43.1 Å². The smallest absolute Gasteiger partial charge is 0.258 e. The second-order valence-corrected chi connectivity index (χ2v) is 4.10. The van der Waals surface area contributed by atoms with Gasteiger partial charge >= 0.3 is 6.18 Å². The Kier molecular flexibility index (Phi) is 3.94. The number of rotatable bonds is 1. The van der Waals surface area contributed by atoms with Gasteiger partial charge in [-0.1, -0.05) is 30.0 Å². The van der Waals surface area contributed by atoms with Crippen LogP contribution in [-0.2, 0) is 6.18 Å². The molecule has 0 amide bonds. The second kappa shape index (κ2) is 5.67. The van der Waals surface area contributed by atoms with Gasteiger partial charge in [-0.05, 0) is 24.3 Å². The molecule has 0 saturated heterocycles. The quantitative estimate of drug-likeness (QED) is 0.452. The molecule has 0 bridgehead atoms. The lowest BCUT2D eigenvalue weighted by atomic mass is 10.1. The van der Waals surface area contributed by atoms with Crippen molar-refractivity contribution in [3.8, 4) is 11.8 Å². The summed E-state index contributed by atoms with van der Waals surface area (Å²) in [6.45, 7) is 0. The molecule has 0 heterocycles. The van der Waals surface area contributed by atoms with Crippen molar-refractivity contribution >= 4 is 5.69 Å². The van der Waals surface area contributed by atoms with Crippen LogP contribution in [0.25, 0.3) is 0 Å². The largest absolute Gasteiger partial charge is 0.416 e. The summed E-state index contributed by atoms with van der Waals surface area (Å²) in [5.41, 5.74) is -1.17. The van der Waals surface area contributed by atoms with Crippen LogP contribution in [0.5, 0.6) is 0 Å². The summed E-state index contributed by atoms with van der Waals surface area (Å²) in [7, 11) is 0. The highest BCUT2D eigenvalue weighted by molar-refractivity contribution is 5.55. The van der Waals surface area contributed by atoms with Gasteiger partial charge in [0.1, 0.15) is 5.56 Å². The molecule has 0 aromatic heterocycles. The second-order valence-electron chi connectivity index (χ2n) is 4.10. The predicted molar refractivity (Wildman–Crippen MR) is 70.5 cm³/mol. The Morgan fingerprint density at radius 2 is 1.67 bits per heavy atom. The van der Waals surface area contributed by atoms with Gasteiger partial charge in [-0.25, -0.2) is 0 Å². The van der Waals surface area contributed by atoms with E-state index >= 15 is 0 Å². The van der Waals surface area contributed by atoms with E-state index in [2.05, 4.69) is 11.8 Å². The summed E-state index contributed by atoms with van der Waals surface area (Å²) < 4.78 is 37.7. The standard InChI is InChI=1S/C15H8F3NO2/c16-15(17,18)13-9-8-12(14(10-13)19(20)21)7-6-11-4-2-1-3-5-11/h1-5,8-10H. The number of alkyl halides is 3. The maximum atomic E-state index is 12.6. The van der Waals surface area contributed by atoms with E-state index in [1.807, 2.05) is 0 Å². The molecule has 2 aromatic carbocycles. The van der Waals surface area contributed by atoms with Gasteiger partial charge in [-0.15, -0.1) is 0 Å². The summed E-state index contributed by atoms with van der Waals surface area (Å²) in [5, 5.41) is 10.9. The first-order chi connectivity index (χ1) is 9.88. The van der Waals surface area contributed by atoms with Gasteiger partial charge in [0.25, 0.3) is 5.69 Å². The van der Waals surface area contributed by atoms with Crippen LogP contribution >= 0.6 is 0 Å². The highest BCUT2D eigenvalue weighted by Gasteiger charge is 2.32. The lowest BCUT2D eigenvalue weighted by Crippen LogP contribution is -2.06. The van der Waals surface area contributed by atoms with E-state index in [9.17, 15) is 23.3 Å². The van der Waals surface area contributed by atoms with Crippen LogP contribution in [0, 0.1) is 22.0 Å². The molecule has 0 aliphatic carbocycles. The third-order valence-corrected chi connectivity index (χ3v) is 2.64. The summed E-state index contributed by atoms with van der Waals surface area (Å²) in [4.78, 5) is 10.0. The molecule has 0 aliphatic rings. The number of nitro benzene ring substituents is 1. The minimum atomic E-state index is -4.63. The average molecular weight is 291 g/mol. The van der Waals surface area contributed by atoms with Gasteiger partial charge in [0.2, 0.25) is 0 Å². The van der Waals surface area contributed by atoms with Gasteiger partial charge in [-0.3, -0.25) is 10.1 Å². The fourth-order valence-electron chi connectivity index (χ4n) is 1.63. The van der Waals surface area contributed by atoms with Crippen LogP contribution in [-0.4, -0.2) is 4.92 Å². The van der Waals surface area contributed by atoms with Crippen molar-refractivity contribution in [2.24, 2.45) is 0 Å². The van der Waals surface area contributed by atoms with Crippen LogP contribution in [0.15, 0.2) is 48.5 Å². The SMILES string of the molecule is O=[N+]([O-])c1cc(C(F)(F)F)ccc1C#Cc1ccccc1. The number of halogens is 3. The molecule has 0 N–H and O–H groups in total. The Bertz CT molecular complexity index is 728. The van der Waals surface area contributed by atoms with E-state index in [4.69, 9.17) is 0 Å². The van der Waals surface area contributed by atoms with Crippen molar-refractivity contribution in [3.05, 3.63) is 75.3 Å². The normalized spacial score (nSPS) is 10.6. The lowest BCUT2D eigenvalue weighted by Gasteiger charge is -2.06. The molecule has 106 valence electrons. The molecule has 0 saturated carbocycles. The van der Waals surface area contributed by atoms with Crippen molar-refractivity contribution in [3.63, 3.8) is 0 Å². The molecule has 0 spiro atoms. The number of hydrogen-bond acceptors (Lipinski definition) is 2. The van der Waals surface area contributed by atoms with Gasteiger partial charge < -0.3 is 0 Å². The first-order valence-corrected chi connectivity index (χ1v) is 5.80. The van der Waals surface area contributed by atoms with Gasteiger partial charge in [0.05, 0.1) is 10.5 Å². The molecule has 6 heteroatoms. The van der Waals surface area contributed by atoms with Crippen LogP contribution < -0.4 is 0 Å². The number of hydrogen-bond donors (Lipinski definition) is 0. The van der Waals surface area contributed by atoms with Gasteiger partial charge in [0.15, 0.2) is 0 Å². The predicted octanol–water partition coefficient (Wildman–Crippen LogP) is 4.01. The van der Waals surface area contributed by atoms with Crippen LogP contribution in [0.1, 0.15) is 16.7 Å². The van der Waals surface area contributed by atoms with E-state index in [1.54, 1.807) is 30.3 Å². The molecular formula is C15H8F3NO2. The van der Waals surface area contributed by atoms with Crippen molar-refractivity contribution in [1.29, 1.82) is 0 Å². The maximum absolute atomic E-state index is 12.6. The zero-order valence-electron chi connectivity index (χ0n) is 10.5. The molecule has 0 aliphatic heterocycles. The summed E-state index contributed by atoms with van der Waals surface area (Å²) >= 11 is 0. The highest BCUT2D eigenvalue weighted by atomic mass is 19.4. The lowest BCUT2D eigenvalue weighted by molar-refractivity contribution is -0.385. The van der Waals surface area contributed by atoms with E-state index in [0.717, 1.165) is 12.1 Å². The molecule has 0 unspecified atom stereocenters. The first kappa shape index (κ1) is 14.6. The molecule has 3 nitrogen and oxygen atoms in total. The maximum Gasteiger partial charge on any atom is 0.416 e. The fraction of sp³-hybridized carbons (Fsp3) is 0.0667. The highest BCUT2D eigenvalue weighted by Crippen LogP contribution is 2.32. The van der Waals surface area contributed by atoms with Crippen molar-refractivity contribution < 1.29 is 18.1 Å². The monoisotopic (exact) mass is 291 g/mol. The first-order valence-electron chi connectivity index (χ1n) is 5.80. The summed E-state index contributed by atoms with van der Waals surface area (Å²) in [6, 6.07) is 10.9. The zero-order chi connectivity index (χ0) is 15.5. The van der Waals surface area contributed by atoms with E-state index < -0.39 is 22.4 Å². The zero-order valence-corrected chi connectivity index (χ0v) is 10.5. The Labute approximate surface area is 118 Å². The van der Waals surface area contributed by atoms with E-state index in [-0.39, 0.29) is 5.56 Å². The number of benzene rings is 2. The van der Waals surface area contributed by atoms with Crippen molar-refractivity contribution in [1.82, 2.24) is 0 Å². The van der Waals surface area contributed by atoms with Crippen LogP contribution in [0.3, 0.4) is 0 Å². The third kappa shape index (κ3) is 3.60. The number of nitro groups is 1.